The minimum absolute atomic E-state index is 0.129. The average Bonchev–Trinajstić information content (AvgIpc) is 3.02. The third-order valence-electron chi connectivity index (χ3n) is 7.95. The molecule has 13 heteroatoms. The van der Waals surface area contributed by atoms with E-state index in [1.165, 1.54) is 18.2 Å². The maximum atomic E-state index is 13.6. The molecule has 0 aliphatic carbocycles. The normalized spacial score (nSPS) is 17.3. The molecule has 1 aliphatic heterocycles. The Morgan fingerprint density at radius 2 is 1.81 bits per heavy atom. The molecule has 1 aliphatic rings. The summed E-state index contributed by atoms with van der Waals surface area (Å²) in [7, 11) is 1.92. The Morgan fingerprint density at radius 1 is 1.11 bits per heavy atom. The molecule has 3 amide bonds. The lowest BCUT2D eigenvalue weighted by Gasteiger charge is -2.38. The Hall–Kier alpha value is -4.62. The Morgan fingerprint density at radius 3 is 2.47 bits per heavy atom. The lowest BCUT2D eigenvalue weighted by molar-refractivity contribution is -0.142. The first kappa shape index (κ1) is 35.2. The first-order valence-corrected chi connectivity index (χ1v) is 15.3. The maximum Gasteiger partial charge on any atom is 0.389 e. The van der Waals surface area contributed by atoms with E-state index in [2.05, 4.69) is 15.5 Å². The van der Waals surface area contributed by atoms with E-state index in [0.717, 1.165) is 5.56 Å². The molecule has 0 saturated heterocycles. The van der Waals surface area contributed by atoms with Crippen LogP contribution in [0.15, 0.2) is 66.7 Å². The molecule has 5 N–H and O–H groups in total. The van der Waals surface area contributed by atoms with Crippen molar-refractivity contribution in [1.82, 2.24) is 9.80 Å². The fourth-order valence-corrected chi connectivity index (χ4v) is 5.25. The van der Waals surface area contributed by atoms with E-state index >= 15 is 0 Å². The van der Waals surface area contributed by atoms with Gasteiger partial charge in [-0.15, -0.1) is 0 Å². The number of likely N-dealkylation sites (N-methyl/N-ethyl adjacent to an activating group) is 1. The number of aliphatic hydroxyl groups excluding tert-OH is 1. The van der Waals surface area contributed by atoms with Crippen LogP contribution in [0.4, 0.5) is 30.2 Å². The lowest BCUT2D eigenvalue weighted by atomic mass is 9.99. The highest BCUT2D eigenvalue weighted by molar-refractivity contribution is 6.05. The van der Waals surface area contributed by atoms with Crippen molar-refractivity contribution >= 4 is 34.8 Å². The van der Waals surface area contributed by atoms with Gasteiger partial charge in [-0.3, -0.25) is 19.3 Å². The van der Waals surface area contributed by atoms with Gasteiger partial charge in [-0.1, -0.05) is 31.2 Å². The van der Waals surface area contributed by atoms with Crippen LogP contribution in [0.3, 0.4) is 0 Å². The van der Waals surface area contributed by atoms with Crippen LogP contribution in [0.2, 0.25) is 0 Å². The fourth-order valence-electron chi connectivity index (χ4n) is 5.25. The number of fused-ring (bicyclic) bond motifs is 1. The number of anilines is 3. The number of hydrogen-bond donors (Lipinski definition) is 4. The van der Waals surface area contributed by atoms with Crippen LogP contribution in [-0.4, -0.2) is 77.7 Å². The summed E-state index contributed by atoms with van der Waals surface area (Å²) < 4.78 is 44.1. The first-order valence-electron chi connectivity index (χ1n) is 15.3. The summed E-state index contributed by atoms with van der Waals surface area (Å²) in [6.07, 6.45) is -6.87. The van der Waals surface area contributed by atoms with E-state index < -0.39 is 43.0 Å². The molecule has 1 heterocycles. The number of aliphatic hydroxyl groups is 1. The summed E-state index contributed by atoms with van der Waals surface area (Å²) >= 11 is 0. The minimum atomic E-state index is -4.47. The number of carbonyl (C=O) groups excluding carboxylic acids is 3. The van der Waals surface area contributed by atoms with Gasteiger partial charge in [0.2, 0.25) is 5.91 Å². The van der Waals surface area contributed by atoms with Gasteiger partial charge in [-0.2, -0.15) is 13.2 Å². The van der Waals surface area contributed by atoms with Gasteiger partial charge in [0, 0.05) is 43.2 Å². The summed E-state index contributed by atoms with van der Waals surface area (Å²) in [5.74, 6) is -1.42. The molecule has 47 heavy (non-hydrogen) atoms. The third-order valence-corrected chi connectivity index (χ3v) is 7.95. The topological polar surface area (TPSA) is 137 Å². The van der Waals surface area contributed by atoms with Gasteiger partial charge >= 0.3 is 6.18 Å². The summed E-state index contributed by atoms with van der Waals surface area (Å²) in [5, 5.41) is 15.1. The van der Waals surface area contributed by atoms with Gasteiger partial charge < -0.3 is 31.1 Å². The first-order chi connectivity index (χ1) is 22.2. The van der Waals surface area contributed by atoms with Gasteiger partial charge in [0.15, 0.2) is 0 Å². The number of alkyl halides is 3. The van der Waals surface area contributed by atoms with E-state index in [4.69, 9.17) is 10.5 Å². The van der Waals surface area contributed by atoms with Crippen molar-refractivity contribution in [3.63, 3.8) is 0 Å². The van der Waals surface area contributed by atoms with Crippen LogP contribution in [0, 0.1) is 5.92 Å². The van der Waals surface area contributed by atoms with Crippen molar-refractivity contribution < 1.29 is 37.4 Å². The van der Waals surface area contributed by atoms with Gasteiger partial charge in [0.25, 0.3) is 11.8 Å². The fraction of sp³-hybridized carbons (Fsp3) is 0.382. The molecule has 3 aromatic carbocycles. The number of rotatable bonds is 11. The number of amides is 3. The second kappa shape index (κ2) is 15.3. The summed E-state index contributed by atoms with van der Waals surface area (Å²) in [4.78, 5) is 42.1. The molecule has 0 saturated carbocycles. The van der Waals surface area contributed by atoms with E-state index in [9.17, 15) is 32.7 Å². The van der Waals surface area contributed by atoms with Crippen molar-refractivity contribution in [3.05, 3.63) is 83.4 Å². The third kappa shape index (κ3) is 9.69. The van der Waals surface area contributed by atoms with Crippen LogP contribution >= 0.6 is 0 Å². The van der Waals surface area contributed by atoms with Crippen LogP contribution in [0.1, 0.15) is 53.0 Å². The van der Waals surface area contributed by atoms with Crippen LogP contribution in [-0.2, 0) is 11.3 Å². The second-order valence-corrected chi connectivity index (χ2v) is 11.9. The monoisotopic (exact) mass is 655 g/mol. The number of nitrogens with zero attached hydrogens (tertiary/aromatic N) is 2. The molecule has 0 unspecified atom stereocenters. The average molecular weight is 656 g/mol. The summed E-state index contributed by atoms with van der Waals surface area (Å²) in [5.41, 5.74) is 8.66. The number of nitrogen functional groups attached to an aromatic ring is 1. The maximum absolute atomic E-state index is 13.6. The zero-order valence-electron chi connectivity index (χ0n) is 26.5. The highest BCUT2D eigenvalue weighted by Gasteiger charge is 2.34. The largest absolute Gasteiger partial charge is 0.488 e. The molecule has 3 aromatic rings. The van der Waals surface area contributed by atoms with Gasteiger partial charge in [0.1, 0.15) is 11.9 Å². The van der Waals surface area contributed by atoms with Gasteiger partial charge in [-0.25, -0.2) is 0 Å². The number of para-hydroxylation sites is 2. The number of benzene rings is 3. The minimum Gasteiger partial charge on any atom is -0.488 e. The molecule has 0 radical (unpaired) electrons. The summed E-state index contributed by atoms with van der Waals surface area (Å²) in [6, 6.07) is 18.1. The highest BCUT2D eigenvalue weighted by atomic mass is 19.4. The highest BCUT2D eigenvalue weighted by Crippen LogP contribution is 2.31. The predicted octanol–water partition coefficient (Wildman–Crippen LogP) is 5.15. The number of halogens is 3. The van der Waals surface area contributed by atoms with Crippen molar-refractivity contribution in [1.29, 1.82) is 0 Å². The Labute approximate surface area is 271 Å². The second-order valence-electron chi connectivity index (χ2n) is 11.9. The number of hydrogen-bond acceptors (Lipinski definition) is 7. The van der Waals surface area contributed by atoms with Crippen molar-refractivity contribution in [3.8, 4) is 5.75 Å². The quantitative estimate of drug-likeness (QED) is 0.210. The molecular weight excluding hydrogens is 615 g/mol. The van der Waals surface area contributed by atoms with Gasteiger partial charge in [0.05, 0.1) is 36.0 Å². The van der Waals surface area contributed by atoms with E-state index in [-0.39, 0.29) is 42.0 Å². The number of nitrogens with two attached hydrogens (primary N) is 1. The van der Waals surface area contributed by atoms with E-state index in [1.807, 2.05) is 26.1 Å². The van der Waals surface area contributed by atoms with Crippen molar-refractivity contribution in [2.75, 3.05) is 43.1 Å². The summed E-state index contributed by atoms with van der Waals surface area (Å²) in [6.45, 7) is 4.66. The number of nitrogens with one attached hydrogen (secondary N) is 2. The smallest absolute Gasteiger partial charge is 0.389 e. The molecule has 252 valence electrons. The van der Waals surface area contributed by atoms with E-state index in [0.29, 0.717) is 30.0 Å². The Bertz CT molecular complexity index is 1570. The molecule has 0 fully saturated rings. The van der Waals surface area contributed by atoms with Crippen LogP contribution < -0.4 is 21.1 Å². The lowest BCUT2D eigenvalue weighted by Crippen LogP contribution is -2.49. The zero-order valence-corrected chi connectivity index (χ0v) is 26.5. The number of carbonyl (C=O) groups is 3. The van der Waals surface area contributed by atoms with Crippen LogP contribution in [0.25, 0.3) is 0 Å². The zero-order chi connectivity index (χ0) is 34.3. The Balaban J connectivity index is 1.47. The molecular formula is C34H40F3N5O5. The standard InChI is InChI=1S/C34H40F3N5O5/c1-21-17-42(22(2)20-43)33(46)26-16-25(39-31(44)14-15-34(35,36)37)12-13-29(26)47-30(21)19-41(3)18-23-8-10-24(11-9-23)32(45)40-28-7-5-4-6-27(28)38/h4-13,16,21-22,30,43H,14-15,17-20,38H2,1-3H3,(H,39,44)(H,40,45)/t21-,22+,30-/m0/s1. The molecule has 0 bridgehead atoms. The molecule has 4 rings (SSSR count). The van der Waals surface area contributed by atoms with Crippen molar-refractivity contribution in [2.45, 2.75) is 51.6 Å². The Kier molecular flexibility index (Phi) is 11.5. The molecule has 10 nitrogen and oxygen atoms in total. The van der Waals surface area contributed by atoms with Crippen molar-refractivity contribution in [2.24, 2.45) is 5.92 Å². The molecule has 0 aromatic heterocycles. The molecule has 3 atom stereocenters. The predicted molar refractivity (Wildman–Crippen MR) is 173 cm³/mol. The number of ether oxygens (including phenoxy) is 1. The van der Waals surface area contributed by atoms with Gasteiger partial charge in [-0.05, 0) is 62.0 Å². The van der Waals surface area contributed by atoms with E-state index in [1.54, 1.807) is 48.2 Å². The SMILES string of the molecule is C[C@H](CO)N1C[C@H](C)[C@H](CN(C)Cc2ccc(C(=O)Nc3ccccc3N)cc2)Oc2ccc(NC(=O)CCC(F)(F)F)cc2C1=O. The van der Waals surface area contributed by atoms with Crippen LogP contribution in [0.5, 0.6) is 5.75 Å². The molecule has 0 spiro atoms.